The zero-order valence-electron chi connectivity index (χ0n) is 9.42. The summed E-state index contributed by atoms with van der Waals surface area (Å²) in [6.07, 6.45) is 3.16. The van der Waals surface area contributed by atoms with Crippen LogP contribution in [0.2, 0.25) is 0 Å². The van der Waals surface area contributed by atoms with Crippen molar-refractivity contribution in [2.45, 2.75) is 0 Å². The molecule has 5 nitrogen and oxygen atoms in total. The van der Waals surface area contributed by atoms with Gasteiger partial charge in [0.15, 0.2) is 11.5 Å². The monoisotopic (exact) mass is 305 g/mol. The molecule has 0 radical (unpaired) electrons. The first-order valence-electron chi connectivity index (χ1n) is 4.96. The van der Waals surface area contributed by atoms with E-state index in [4.69, 9.17) is 14.7 Å². The van der Waals surface area contributed by atoms with Gasteiger partial charge in [0, 0.05) is 18.5 Å². The highest BCUT2D eigenvalue weighted by Crippen LogP contribution is 2.30. The summed E-state index contributed by atoms with van der Waals surface area (Å²) in [5.74, 6) is 0.916. The van der Waals surface area contributed by atoms with Gasteiger partial charge in [-0.05, 0) is 28.1 Å². The Bertz CT molecular complexity index is 593. The molecule has 2 aromatic rings. The Morgan fingerprint density at radius 1 is 1.22 bits per heavy atom. The minimum atomic E-state index is 0.209. The van der Waals surface area contributed by atoms with Crippen LogP contribution in [0.4, 0.5) is 0 Å². The molecule has 0 atom stereocenters. The van der Waals surface area contributed by atoms with Gasteiger partial charge in [-0.15, -0.1) is 0 Å². The predicted molar refractivity (Wildman–Crippen MR) is 67.5 cm³/mol. The Labute approximate surface area is 112 Å². The van der Waals surface area contributed by atoms with Crippen LogP contribution < -0.4 is 9.47 Å². The number of hydrogen-bond acceptors (Lipinski definition) is 5. The lowest BCUT2D eigenvalue weighted by atomic mass is 10.2. The molecule has 1 aromatic heterocycles. The van der Waals surface area contributed by atoms with Crippen molar-refractivity contribution in [3.05, 3.63) is 40.6 Å². The summed E-state index contributed by atoms with van der Waals surface area (Å²) in [7, 11) is 1.51. The van der Waals surface area contributed by atoms with Gasteiger partial charge in [0.25, 0.3) is 0 Å². The quantitative estimate of drug-likeness (QED) is 0.872. The SMILES string of the molecule is COc1cc(C#N)ccc1Oc1ncc(Br)cn1. The smallest absolute Gasteiger partial charge is 0.322 e. The Balaban J connectivity index is 2.29. The van der Waals surface area contributed by atoms with Gasteiger partial charge in [-0.2, -0.15) is 5.26 Å². The van der Waals surface area contributed by atoms with E-state index in [1.54, 1.807) is 30.6 Å². The lowest BCUT2D eigenvalue weighted by Gasteiger charge is -2.08. The van der Waals surface area contributed by atoms with Crippen LogP contribution in [0.3, 0.4) is 0 Å². The van der Waals surface area contributed by atoms with Gasteiger partial charge in [-0.3, -0.25) is 0 Å². The molecule has 0 N–H and O–H groups in total. The second kappa shape index (κ2) is 5.47. The molecule has 6 heteroatoms. The minimum Gasteiger partial charge on any atom is -0.493 e. The summed E-state index contributed by atoms with van der Waals surface area (Å²) in [5, 5.41) is 8.79. The van der Waals surface area contributed by atoms with E-state index < -0.39 is 0 Å². The lowest BCUT2D eigenvalue weighted by molar-refractivity contribution is 0.368. The van der Waals surface area contributed by atoms with Crippen molar-refractivity contribution in [2.24, 2.45) is 0 Å². The standard InChI is InChI=1S/C12H8BrN3O2/c1-17-11-4-8(5-14)2-3-10(11)18-12-15-6-9(13)7-16-12/h2-4,6-7H,1H3. The number of aromatic nitrogens is 2. The molecule has 0 aliphatic carbocycles. The van der Waals surface area contributed by atoms with Crippen molar-refractivity contribution in [3.8, 4) is 23.6 Å². The Kier molecular flexibility index (Phi) is 3.75. The summed E-state index contributed by atoms with van der Waals surface area (Å²) >= 11 is 3.24. The van der Waals surface area contributed by atoms with Gasteiger partial charge in [-0.25, -0.2) is 9.97 Å². The Morgan fingerprint density at radius 2 is 1.94 bits per heavy atom. The van der Waals surface area contributed by atoms with Crippen molar-refractivity contribution < 1.29 is 9.47 Å². The highest BCUT2D eigenvalue weighted by molar-refractivity contribution is 9.10. The largest absolute Gasteiger partial charge is 0.493 e. The minimum absolute atomic E-state index is 0.209. The molecule has 0 spiro atoms. The molecule has 0 amide bonds. The molecule has 0 aliphatic rings. The maximum Gasteiger partial charge on any atom is 0.322 e. The molecule has 90 valence electrons. The molecule has 0 fully saturated rings. The Hall–Kier alpha value is -2.13. The number of rotatable bonds is 3. The molecule has 0 saturated carbocycles. The molecule has 1 aromatic carbocycles. The third kappa shape index (κ3) is 2.76. The number of ether oxygens (including phenoxy) is 2. The predicted octanol–water partition coefficient (Wildman–Crippen LogP) is 2.91. The number of methoxy groups -OCH3 is 1. The molecule has 0 aliphatic heterocycles. The van der Waals surface area contributed by atoms with Crippen LogP contribution in [0.25, 0.3) is 0 Å². The summed E-state index contributed by atoms with van der Waals surface area (Å²) in [6.45, 7) is 0. The van der Waals surface area contributed by atoms with E-state index in [1.165, 1.54) is 7.11 Å². The highest BCUT2D eigenvalue weighted by atomic mass is 79.9. The van der Waals surface area contributed by atoms with Gasteiger partial charge in [-0.1, -0.05) is 0 Å². The molecular formula is C12H8BrN3O2. The van der Waals surface area contributed by atoms with Crippen molar-refractivity contribution in [1.82, 2.24) is 9.97 Å². The zero-order chi connectivity index (χ0) is 13.0. The molecule has 2 rings (SSSR count). The molecule has 1 heterocycles. The second-order valence-electron chi connectivity index (χ2n) is 3.26. The number of benzene rings is 1. The average Bonchev–Trinajstić information content (AvgIpc) is 2.41. The number of nitrogens with zero attached hydrogens (tertiary/aromatic N) is 3. The maximum atomic E-state index is 8.79. The maximum absolute atomic E-state index is 8.79. The first-order valence-corrected chi connectivity index (χ1v) is 5.76. The van der Waals surface area contributed by atoms with E-state index in [1.807, 2.05) is 6.07 Å². The van der Waals surface area contributed by atoms with Crippen LogP contribution in [-0.2, 0) is 0 Å². The Morgan fingerprint density at radius 3 is 2.56 bits per heavy atom. The van der Waals surface area contributed by atoms with Crippen LogP contribution in [0.15, 0.2) is 35.1 Å². The van der Waals surface area contributed by atoms with Crippen LogP contribution in [-0.4, -0.2) is 17.1 Å². The molecular weight excluding hydrogens is 298 g/mol. The number of halogens is 1. The van der Waals surface area contributed by atoms with Crippen LogP contribution >= 0.6 is 15.9 Å². The van der Waals surface area contributed by atoms with Crippen molar-refractivity contribution >= 4 is 15.9 Å². The number of nitriles is 1. The molecule has 18 heavy (non-hydrogen) atoms. The summed E-state index contributed by atoms with van der Waals surface area (Å²) in [6, 6.07) is 7.11. The van der Waals surface area contributed by atoms with E-state index in [9.17, 15) is 0 Å². The molecule has 0 saturated heterocycles. The third-order valence-electron chi connectivity index (χ3n) is 2.09. The van der Waals surface area contributed by atoms with Gasteiger partial charge in [0.1, 0.15) is 0 Å². The fourth-order valence-electron chi connectivity index (χ4n) is 1.27. The molecule has 0 unspecified atom stereocenters. The van der Waals surface area contributed by atoms with Crippen molar-refractivity contribution in [2.75, 3.05) is 7.11 Å². The normalized spacial score (nSPS) is 9.61. The fourth-order valence-corrected chi connectivity index (χ4v) is 1.48. The average molecular weight is 306 g/mol. The highest BCUT2D eigenvalue weighted by Gasteiger charge is 2.08. The van der Waals surface area contributed by atoms with Gasteiger partial charge in [0.05, 0.1) is 23.2 Å². The summed E-state index contributed by atoms with van der Waals surface area (Å²) < 4.78 is 11.4. The summed E-state index contributed by atoms with van der Waals surface area (Å²) in [4.78, 5) is 7.98. The fraction of sp³-hybridized carbons (Fsp3) is 0.0833. The van der Waals surface area contributed by atoms with E-state index in [0.29, 0.717) is 17.1 Å². The lowest BCUT2D eigenvalue weighted by Crippen LogP contribution is -1.94. The van der Waals surface area contributed by atoms with Crippen LogP contribution in [0.1, 0.15) is 5.56 Å². The van der Waals surface area contributed by atoms with Crippen LogP contribution in [0, 0.1) is 11.3 Å². The van der Waals surface area contributed by atoms with Gasteiger partial charge in [0.2, 0.25) is 0 Å². The van der Waals surface area contributed by atoms with Gasteiger partial charge < -0.3 is 9.47 Å². The first-order chi connectivity index (χ1) is 8.72. The molecule has 0 bridgehead atoms. The topological polar surface area (TPSA) is 68.0 Å². The number of hydrogen-bond donors (Lipinski definition) is 0. The van der Waals surface area contributed by atoms with Crippen molar-refractivity contribution in [3.63, 3.8) is 0 Å². The third-order valence-corrected chi connectivity index (χ3v) is 2.50. The van der Waals surface area contributed by atoms with E-state index in [2.05, 4.69) is 25.9 Å². The van der Waals surface area contributed by atoms with E-state index in [0.717, 1.165) is 4.47 Å². The van der Waals surface area contributed by atoms with E-state index >= 15 is 0 Å². The van der Waals surface area contributed by atoms with Crippen LogP contribution in [0.5, 0.6) is 17.5 Å². The zero-order valence-corrected chi connectivity index (χ0v) is 11.0. The van der Waals surface area contributed by atoms with E-state index in [-0.39, 0.29) is 6.01 Å². The summed E-state index contributed by atoms with van der Waals surface area (Å²) in [5.41, 5.74) is 0.496. The van der Waals surface area contributed by atoms with Gasteiger partial charge >= 0.3 is 6.01 Å². The second-order valence-corrected chi connectivity index (χ2v) is 4.18. The first kappa shape index (κ1) is 12.3. The van der Waals surface area contributed by atoms with Crippen molar-refractivity contribution in [1.29, 1.82) is 5.26 Å².